The highest BCUT2D eigenvalue weighted by Gasteiger charge is 2.32. The zero-order valence-corrected chi connectivity index (χ0v) is 13.4. The van der Waals surface area contributed by atoms with E-state index in [1.165, 1.54) is 17.2 Å². The smallest absolute Gasteiger partial charge is 0.414 e. The zero-order chi connectivity index (χ0) is 17.6. The van der Waals surface area contributed by atoms with Gasteiger partial charge in [-0.05, 0) is 18.2 Å². The van der Waals surface area contributed by atoms with Crippen LogP contribution >= 0.6 is 0 Å². The van der Waals surface area contributed by atoms with Crippen LogP contribution in [0.3, 0.4) is 0 Å². The van der Waals surface area contributed by atoms with Crippen molar-refractivity contribution < 1.29 is 18.4 Å². The van der Waals surface area contributed by atoms with Crippen LogP contribution in [-0.4, -0.2) is 43.5 Å². The Bertz CT molecular complexity index is 711. The minimum Gasteiger partial charge on any atom is -0.442 e. The largest absolute Gasteiger partial charge is 0.442 e. The first-order chi connectivity index (χ1) is 12.2. The number of nitrogens with one attached hydrogen (secondary N) is 3. The van der Waals surface area contributed by atoms with Crippen molar-refractivity contribution in [1.82, 2.24) is 10.6 Å². The number of anilines is 3. The molecule has 1 aromatic heterocycles. The van der Waals surface area contributed by atoms with Crippen LogP contribution in [0.15, 0.2) is 35.1 Å². The lowest BCUT2D eigenvalue weighted by Crippen LogP contribution is -2.28. The van der Waals surface area contributed by atoms with Gasteiger partial charge in [-0.25, -0.2) is 9.18 Å². The molecule has 3 rings (SSSR count). The van der Waals surface area contributed by atoms with Gasteiger partial charge in [0, 0.05) is 19.2 Å². The first kappa shape index (κ1) is 17.0. The van der Waals surface area contributed by atoms with Crippen LogP contribution < -0.4 is 26.8 Å². The Hall–Kier alpha value is -2.85. The summed E-state index contributed by atoms with van der Waals surface area (Å²) in [7, 11) is 0. The number of hydrogen-bond acceptors (Lipinski definition) is 8. The first-order valence-corrected chi connectivity index (χ1v) is 7.76. The number of cyclic esters (lactones) is 1. The highest BCUT2D eigenvalue weighted by atomic mass is 19.1. The summed E-state index contributed by atoms with van der Waals surface area (Å²) in [5.74, 6) is 5.27. The minimum atomic E-state index is -0.514. The summed E-state index contributed by atoms with van der Waals surface area (Å²) in [5.41, 5.74) is 3.26. The molecule has 1 atom stereocenters. The van der Waals surface area contributed by atoms with Gasteiger partial charge >= 0.3 is 6.09 Å². The fraction of sp³-hybridized carbons (Fsp3) is 0.333. The maximum atomic E-state index is 14.2. The number of halogens is 1. The van der Waals surface area contributed by atoms with Gasteiger partial charge < -0.3 is 19.9 Å². The number of hydrazine groups is 1. The van der Waals surface area contributed by atoms with Gasteiger partial charge in [-0.2, -0.15) is 0 Å². The molecule has 1 aliphatic rings. The molecule has 0 aliphatic carbocycles. The standard InChI is InChI=1S/C15H19FN6O3/c16-12-7-10(1-2-13(12)18-4-5-20-17)22-9-11(25-15(22)23)8-19-14-3-6-24-21-14/h1-3,6-7,11,18,20H,4-5,8-9,17H2,(H,19,21)/t11-/m0/s1. The lowest BCUT2D eigenvalue weighted by atomic mass is 10.2. The summed E-state index contributed by atoms with van der Waals surface area (Å²) >= 11 is 0. The highest BCUT2D eigenvalue weighted by molar-refractivity contribution is 5.90. The van der Waals surface area contributed by atoms with Crippen molar-refractivity contribution in [2.24, 2.45) is 5.84 Å². The van der Waals surface area contributed by atoms with Crippen LogP contribution in [0, 0.1) is 5.82 Å². The Morgan fingerprint density at radius 1 is 1.32 bits per heavy atom. The number of carbonyl (C=O) groups is 1. The third-order valence-electron chi connectivity index (χ3n) is 3.67. The molecule has 0 bridgehead atoms. The number of nitrogens with zero attached hydrogens (tertiary/aromatic N) is 2. The zero-order valence-electron chi connectivity index (χ0n) is 13.4. The van der Waals surface area contributed by atoms with Gasteiger partial charge in [-0.3, -0.25) is 16.2 Å². The Balaban J connectivity index is 1.59. The van der Waals surface area contributed by atoms with Gasteiger partial charge in [0.05, 0.1) is 24.5 Å². The van der Waals surface area contributed by atoms with Crippen LogP contribution in [0.5, 0.6) is 0 Å². The molecule has 9 nitrogen and oxygen atoms in total. The molecule has 0 unspecified atom stereocenters. The first-order valence-electron chi connectivity index (χ1n) is 7.76. The second-order valence-electron chi connectivity index (χ2n) is 5.43. The quantitative estimate of drug-likeness (QED) is 0.318. The molecule has 5 N–H and O–H groups in total. The molecule has 0 radical (unpaired) electrons. The van der Waals surface area contributed by atoms with E-state index in [9.17, 15) is 9.18 Å². The molecule has 2 aromatic rings. The van der Waals surface area contributed by atoms with Gasteiger partial charge in [0.2, 0.25) is 0 Å². The summed E-state index contributed by atoms with van der Waals surface area (Å²) in [6.07, 6.45) is 0.553. The second-order valence-corrected chi connectivity index (χ2v) is 5.43. The van der Waals surface area contributed by atoms with Crippen molar-refractivity contribution in [3.63, 3.8) is 0 Å². The van der Waals surface area contributed by atoms with E-state index in [4.69, 9.17) is 15.1 Å². The molecule has 1 aliphatic heterocycles. The van der Waals surface area contributed by atoms with Crippen molar-refractivity contribution in [3.8, 4) is 0 Å². The van der Waals surface area contributed by atoms with E-state index in [0.29, 0.717) is 43.4 Å². The number of benzene rings is 1. The van der Waals surface area contributed by atoms with Crippen LogP contribution in [0.25, 0.3) is 0 Å². The van der Waals surface area contributed by atoms with E-state index < -0.39 is 11.9 Å². The van der Waals surface area contributed by atoms with E-state index in [0.717, 1.165) is 0 Å². The Morgan fingerprint density at radius 2 is 2.20 bits per heavy atom. The molecule has 1 saturated heterocycles. The fourth-order valence-electron chi connectivity index (χ4n) is 2.45. The number of hydrogen-bond donors (Lipinski definition) is 4. The lowest BCUT2D eigenvalue weighted by molar-refractivity contribution is 0.147. The molecule has 134 valence electrons. The van der Waals surface area contributed by atoms with Gasteiger partial charge in [0.1, 0.15) is 18.2 Å². The summed E-state index contributed by atoms with van der Waals surface area (Å²) in [6, 6.07) is 6.20. The summed E-state index contributed by atoms with van der Waals surface area (Å²) in [6.45, 7) is 1.67. The van der Waals surface area contributed by atoms with Crippen molar-refractivity contribution in [3.05, 3.63) is 36.3 Å². The monoisotopic (exact) mass is 350 g/mol. The number of amides is 1. The Kier molecular flexibility index (Phi) is 5.31. The molecule has 1 aromatic carbocycles. The van der Waals surface area contributed by atoms with Gasteiger partial charge in [-0.15, -0.1) is 0 Å². The molecule has 10 heteroatoms. The van der Waals surface area contributed by atoms with E-state index in [1.807, 2.05) is 0 Å². The van der Waals surface area contributed by atoms with Crippen molar-refractivity contribution in [2.75, 3.05) is 41.7 Å². The topological polar surface area (TPSA) is 118 Å². The highest BCUT2D eigenvalue weighted by Crippen LogP contribution is 2.26. The number of carbonyl (C=O) groups excluding carboxylic acids is 1. The van der Waals surface area contributed by atoms with Crippen LogP contribution in [0.2, 0.25) is 0 Å². The second kappa shape index (κ2) is 7.81. The predicted octanol–water partition coefficient (Wildman–Crippen LogP) is 1.13. The van der Waals surface area contributed by atoms with Gasteiger partial charge in [-0.1, -0.05) is 5.16 Å². The van der Waals surface area contributed by atoms with Crippen molar-refractivity contribution in [2.45, 2.75) is 6.10 Å². The van der Waals surface area contributed by atoms with Crippen LogP contribution in [-0.2, 0) is 4.74 Å². The van der Waals surface area contributed by atoms with E-state index in [1.54, 1.807) is 18.2 Å². The van der Waals surface area contributed by atoms with E-state index in [-0.39, 0.29) is 6.10 Å². The average molecular weight is 350 g/mol. The third kappa shape index (κ3) is 4.17. The van der Waals surface area contributed by atoms with Crippen molar-refractivity contribution in [1.29, 1.82) is 0 Å². The van der Waals surface area contributed by atoms with Gasteiger partial charge in [0.25, 0.3) is 0 Å². The van der Waals surface area contributed by atoms with E-state index in [2.05, 4.69) is 21.2 Å². The molecule has 2 heterocycles. The summed E-state index contributed by atoms with van der Waals surface area (Å²) in [5, 5.41) is 9.63. The molecule has 25 heavy (non-hydrogen) atoms. The molecule has 1 fully saturated rings. The fourth-order valence-corrected chi connectivity index (χ4v) is 2.45. The third-order valence-corrected chi connectivity index (χ3v) is 3.67. The van der Waals surface area contributed by atoms with Crippen molar-refractivity contribution >= 4 is 23.3 Å². The Morgan fingerprint density at radius 3 is 2.92 bits per heavy atom. The molecule has 0 spiro atoms. The molecule has 0 saturated carbocycles. The van der Waals surface area contributed by atoms with Gasteiger partial charge in [0.15, 0.2) is 5.82 Å². The lowest BCUT2D eigenvalue weighted by Gasteiger charge is -2.15. The van der Waals surface area contributed by atoms with Crippen LogP contribution in [0.1, 0.15) is 0 Å². The summed E-state index contributed by atoms with van der Waals surface area (Å²) in [4.78, 5) is 13.4. The minimum absolute atomic E-state index is 0.312. The van der Waals surface area contributed by atoms with Crippen LogP contribution in [0.4, 0.5) is 26.4 Å². The SMILES string of the molecule is NNCCNc1ccc(N2C[C@H](CNc3ccon3)OC2=O)cc1F. The average Bonchev–Trinajstić information content (AvgIpc) is 3.24. The number of aromatic nitrogens is 1. The molecular weight excluding hydrogens is 331 g/mol. The van der Waals surface area contributed by atoms with E-state index >= 15 is 0 Å². The maximum Gasteiger partial charge on any atom is 0.414 e. The molecular formula is C15H19FN6O3. The predicted molar refractivity (Wildman–Crippen MR) is 89.7 cm³/mol. The maximum absolute atomic E-state index is 14.2. The Labute approximate surface area is 143 Å². The normalized spacial score (nSPS) is 16.8. The number of ether oxygens (including phenoxy) is 1. The summed E-state index contributed by atoms with van der Waals surface area (Å²) < 4.78 is 24.2. The number of nitrogens with two attached hydrogens (primary N) is 1. The number of rotatable bonds is 8. The molecule has 1 amide bonds.